The van der Waals surface area contributed by atoms with Gasteiger partial charge in [0.2, 0.25) is 0 Å². The van der Waals surface area contributed by atoms with Gasteiger partial charge < -0.3 is 0 Å². The number of nitrogens with zero attached hydrogens (tertiary/aromatic N) is 5. The van der Waals surface area contributed by atoms with Gasteiger partial charge >= 0.3 is 0 Å². The van der Waals surface area contributed by atoms with Crippen LogP contribution in [-0.2, 0) is 0 Å². The average Bonchev–Trinajstić information content (AvgIpc) is 3.71. The van der Waals surface area contributed by atoms with Crippen molar-refractivity contribution in [3.05, 3.63) is 163 Å². The van der Waals surface area contributed by atoms with Gasteiger partial charge in [-0.05, 0) is 60.4 Å². The first-order chi connectivity index (χ1) is 24.7. The Morgan fingerprint density at radius 2 is 0.940 bits per heavy atom. The van der Waals surface area contributed by atoms with Crippen molar-refractivity contribution in [2.45, 2.75) is 26.2 Å². The van der Waals surface area contributed by atoms with E-state index in [-0.39, 0.29) is 0 Å². The third kappa shape index (κ3) is 4.98. The Morgan fingerprint density at radius 1 is 0.480 bits per heavy atom. The lowest BCUT2D eigenvalue weighted by Crippen LogP contribution is -2.05. The molecule has 0 amide bonds. The van der Waals surface area contributed by atoms with Gasteiger partial charge in [-0.25, -0.2) is 15.0 Å². The molecule has 1 unspecified atom stereocenters. The minimum atomic E-state index is 0.329. The third-order valence-corrected chi connectivity index (χ3v) is 9.83. The van der Waals surface area contributed by atoms with Gasteiger partial charge in [0.25, 0.3) is 0 Å². The van der Waals surface area contributed by atoms with E-state index in [0.29, 0.717) is 23.4 Å². The van der Waals surface area contributed by atoms with E-state index < -0.39 is 0 Å². The molecule has 240 valence electrons. The summed E-state index contributed by atoms with van der Waals surface area (Å²) in [6.07, 6.45) is 1.01. The maximum absolute atomic E-state index is 5.14. The largest absolute Gasteiger partial charge is 0.295 e. The van der Waals surface area contributed by atoms with Crippen molar-refractivity contribution in [1.29, 1.82) is 0 Å². The Kier molecular flexibility index (Phi) is 7.32. The molecule has 1 atom stereocenters. The van der Waals surface area contributed by atoms with Crippen LogP contribution >= 0.6 is 0 Å². The lowest BCUT2D eigenvalue weighted by molar-refractivity contribution is 0.733. The molecule has 3 heterocycles. The number of rotatable bonds is 7. The summed E-state index contributed by atoms with van der Waals surface area (Å²) in [7, 11) is 0. The Labute approximate surface area is 291 Å². The van der Waals surface area contributed by atoms with Crippen molar-refractivity contribution in [2.75, 3.05) is 0 Å². The average molecular weight is 646 g/mol. The van der Waals surface area contributed by atoms with Gasteiger partial charge in [0.15, 0.2) is 17.5 Å². The molecule has 9 rings (SSSR count). The van der Waals surface area contributed by atoms with E-state index in [4.69, 9.17) is 15.0 Å². The van der Waals surface area contributed by atoms with Crippen LogP contribution in [0.3, 0.4) is 0 Å². The van der Waals surface area contributed by atoms with E-state index in [1.807, 2.05) is 36.4 Å². The van der Waals surface area contributed by atoms with Crippen LogP contribution in [0.15, 0.2) is 158 Å². The van der Waals surface area contributed by atoms with Gasteiger partial charge in [0.05, 0.1) is 11.0 Å². The summed E-state index contributed by atoms with van der Waals surface area (Å²) in [5.74, 6) is 2.29. The van der Waals surface area contributed by atoms with Gasteiger partial charge in [-0.3, -0.25) is 9.13 Å². The number of hydrogen-bond donors (Lipinski definition) is 0. The first-order valence-corrected chi connectivity index (χ1v) is 17.3. The van der Waals surface area contributed by atoms with E-state index in [0.717, 1.165) is 45.6 Å². The van der Waals surface area contributed by atoms with E-state index in [1.165, 1.54) is 27.2 Å². The van der Waals surface area contributed by atoms with Gasteiger partial charge in [-0.15, -0.1) is 0 Å². The Balaban J connectivity index is 1.37. The Bertz CT molecular complexity index is 2580. The normalized spacial score (nSPS) is 12.2. The second-order valence-electron chi connectivity index (χ2n) is 12.9. The van der Waals surface area contributed by atoms with Gasteiger partial charge in [0, 0.05) is 44.2 Å². The van der Waals surface area contributed by atoms with Gasteiger partial charge in [-0.1, -0.05) is 129 Å². The predicted molar refractivity (Wildman–Crippen MR) is 206 cm³/mol. The van der Waals surface area contributed by atoms with Crippen molar-refractivity contribution < 1.29 is 0 Å². The highest BCUT2D eigenvalue weighted by Gasteiger charge is 2.23. The maximum atomic E-state index is 5.14. The van der Waals surface area contributed by atoms with Crippen LogP contribution < -0.4 is 0 Å². The minimum absolute atomic E-state index is 0.329. The summed E-state index contributed by atoms with van der Waals surface area (Å²) in [5, 5.41) is 3.70. The van der Waals surface area contributed by atoms with Crippen molar-refractivity contribution in [1.82, 2.24) is 24.1 Å². The van der Waals surface area contributed by atoms with E-state index in [9.17, 15) is 0 Å². The smallest absolute Gasteiger partial charge is 0.164 e. The highest BCUT2D eigenvalue weighted by atomic mass is 15.1. The zero-order valence-electron chi connectivity index (χ0n) is 28.0. The summed E-state index contributed by atoms with van der Waals surface area (Å²) in [6.45, 7) is 4.54. The molecule has 0 aliphatic carbocycles. The molecule has 0 fully saturated rings. The first kappa shape index (κ1) is 29.8. The Hall–Kier alpha value is -6.33. The number of fused-ring (bicyclic) bond motifs is 5. The molecular formula is C45H35N5. The monoisotopic (exact) mass is 645 g/mol. The molecule has 3 aromatic heterocycles. The lowest BCUT2D eigenvalue weighted by atomic mass is 9.95. The fourth-order valence-corrected chi connectivity index (χ4v) is 7.15. The molecule has 0 saturated carbocycles. The summed E-state index contributed by atoms with van der Waals surface area (Å²) < 4.78 is 4.84. The van der Waals surface area contributed by atoms with Gasteiger partial charge in [0.1, 0.15) is 5.65 Å². The quantitative estimate of drug-likeness (QED) is 0.173. The molecule has 0 bridgehead atoms. The standard InChI is InChI=1S/C45H35N5/c1-3-30(2)33-27-34(44-47-42(31-17-7-4-8-18-31)46-43(48-44)32-19-9-5-10-20-32)29-36(28-33)50-40-26-16-14-24-38(40)41-37-23-13-15-25-39(37)49(45(41)50)35-21-11-6-12-22-35/h4-30H,3H2,1-2H3. The summed E-state index contributed by atoms with van der Waals surface area (Å²) in [6, 6.07) is 55.4. The molecule has 0 N–H and O–H groups in total. The second kappa shape index (κ2) is 12.3. The first-order valence-electron chi connectivity index (χ1n) is 17.3. The predicted octanol–water partition coefficient (Wildman–Crippen LogP) is 11.4. The molecule has 5 nitrogen and oxygen atoms in total. The van der Waals surface area contributed by atoms with E-state index in [1.54, 1.807) is 0 Å². The summed E-state index contributed by atoms with van der Waals surface area (Å²) in [4.78, 5) is 15.2. The highest BCUT2D eigenvalue weighted by molar-refractivity contribution is 6.22. The zero-order valence-corrected chi connectivity index (χ0v) is 28.0. The fourth-order valence-electron chi connectivity index (χ4n) is 7.15. The van der Waals surface area contributed by atoms with Crippen molar-refractivity contribution in [3.63, 3.8) is 0 Å². The molecule has 9 aromatic rings. The molecular weight excluding hydrogens is 611 g/mol. The summed E-state index contributed by atoms with van der Waals surface area (Å²) in [5.41, 5.74) is 9.79. The second-order valence-corrected chi connectivity index (χ2v) is 12.9. The molecule has 6 aromatic carbocycles. The fraction of sp³-hybridized carbons (Fsp3) is 0.0889. The molecule has 0 radical (unpaired) electrons. The molecule has 0 aliphatic heterocycles. The molecule has 50 heavy (non-hydrogen) atoms. The van der Waals surface area contributed by atoms with Crippen molar-refractivity contribution >= 4 is 32.8 Å². The molecule has 0 spiro atoms. The van der Waals surface area contributed by atoms with Crippen LogP contribution in [0.1, 0.15) is 31.7 Å². The van der Waals surface area contributed by atoms with E-state index >= 15 is 0 Å². The number of benzene rings is 6. The van der Waals surface area contributed by atoms with Crippen LogP contribution in [0.2, 0.25) is 0 Å². The van der Waals surface area contributed by atoms with Crippen LogP contribution in [0.4, 0.5) is 0 Å². The van der Waals surface area contributed by atoms with Crippen LogP contribution in [-0.4, -0.2) is 24.1 Å². The van der Waals surface area contributed by atoms with E-state index in [2.05, 4.69) is 144 Å². The summed E-state index contributed by atoms with van der Waals surface area (Å²) >= 11 is 0. The van der Waals surface area contributed by atoms with Crippen LogP contribution in [0, 0.1) is 0 Å². The minimum Gasteiger partial charge on any atom is -0.295 e. The molecule has 0 aliphatic rings. The molecule has 5 heteroatoms. The Morgan fingerprint density at radius 3 is 1.48 bits per heavy atom. The topological polar surface area (TPSA) is 48.5 Å². The van der Waals surface area contributed by atoms with Crippen LogP contribution in [0.25, 0.3) is 78.4 Å². The lowest BCUT2D eigenvalue weighted by Gasteiger charge is -2.18. The zero-order chi connectivity index (χ0) is 33.6. The molecule has 0 saturated heterocycles. The SMILES string of the molecule is CCC(C)c1cc(-c2nc(-c3ccccc3)nc(-c3ccccc3)n2)cc(-n2c3ccccc3c3c4ccccc4n(-c4ccccc4)c32)c1. The number of aromatic nitrogens is 5. The van der Waals surface area contributed by atoms with Gasteiger partial charge in [-0.2, -0.15) is 0 Å². The number of para-hydroxylation sites is 3. The highest BCUT2D eigenvalue weighted by Crippen LogP contribution is 2.42. The number of hydrogen-bond acceptors (Lipinski definition) is 3. The maximum Gasteiger partial charge on any atom is 0.164 e. The van der Waals surface area contributed by atoms with Crippen molar-refractivity contribution in [2.24, 2.45) is 0 Å². The third-order valence-electron chi connectivity index (χ3n) is 9.83. The van der Waals surface area contributed by atoms with Crippen LogP contribution in [0.5, 0.6) is 0 Å². The van der Waals surface area contributed by atoms with Crippen molar-refractivity contribution in [3.8, 4) is 45.5 Å².